The molecule has 0 aliphatic rings. The maximum atomic E-state index is 11.6. The molecule has 1 aromatic carbocycles. The second-order valence-corrected chi connectivity index (χ2v) is 5.70. The first-order chi connectivity index (χ1) is 9.64. The molecule has 0 aromatic heterocycles. The van der Waals surface area contributed by atoms with Crippen molar-refractivity contribution < 1.29 is 24.2 Å². The molecule has 6 nitrogen and oxygen atoms in total. The van der Waals surface area contributed by atoms with E-state index in [1.807, 2.05) is 0 Å². The van der Waals surface area contributed by atoms with Gasteiger partial charge in [-0.25, -0.2) is 9.59 Å². The first-order valence-electron chi connectivity index (χ1n) is 6.19. The molecule has 0 aliphatic carbocycles. The largest absolute Gasteiger partial charge is 0.467 e. The van der Waals surface area contributed by atoms with Gasteiger partial charge in [-0.2, -0.15) is 0 Å². The highest BCUT2D eigenvalue weighted by atomic mass is 35.5. The van der Waals surface area contributed by atoms with Crippen molar-refractivity contribution in [3.05, 3.63) is 28.8 Å². The molecule has 1 aromatic rings. The fourth-order valence-corrected chi connectivity index (χ4v) is 1.70. The van der Waals surface area contributed by atoms with E-state index < -0.39 is 23.8 Å². The van der Waals surface area contributed by atoms with Crippen LogP contribution in [-0.4, -0.2) is 29.9 Å². The van der Waals surface area contributed by atoms with Crippen LogP contribution >= 0.6 is 11.6 Å². The fourth-order valence-electron chi connectivity index (χ4n) is 1.46. The number of aliphatic hydroxyl groups excluding tert-OH is 1. The number of hydrogen-bond donors (Lipinski definition) is 2. The Labute approximate surface area is 128 Å². The number of hydrogen-bond acceptors (Lipinski definition) is 5. The van der Waals surface area contributed by atoms with Gasteiger partial charge in [-0.3, -0.25) is 5.32 Å². The SMILES string of the molecule is COC(=O)C(O)c1ccc(NC(=O)OC(C)(C)C)c(Cl)c1. The first kappa shape index (κ1) is 17.3. The first-order valence-corrected chi connectivity index (χ1v) is 6.57. The Kier molecular flexibility index (Phi) is 5.57. The number of ether oxygens (including phenoxy) is 2. The van der Waals surface area contributed by atoms with E-state index in [4.69, 9.17) is 16.3 Å². The monoisotopic (exact) mass is 315 g/mol. The number of carbonyl (C=O) groups is 2. The molecule has 2 N–H and O–H groups in total. The van der Waals surface area contributed by atoms with Gasteiger partial charge >= 0.3 is 12.1 Å². The lowest BCUT2D eigenvalue weighted by atomic mass is 10.1. The van der Waals surface area contributed by atoms with Crippen LogP contribution in [0.1, 0.15) is 32.4 Å². The van der Waals surface area contributed by atoms with Crippen molar-refractivity contribution in [2.24, 2.45) is 0 Å². The number of benzene rings is 1. The molecule has 1 unspecified atom stereocenters. The van der Waals surface area contributed by atoms with Crippen molar-refractivity contribution in [2.75, 3.05) is 12.4 Å². The van der Waals surface area contributed by atoms with Gasteiger partial charge in [0.15, 0.2) is 6.10 Å². The minimum atomic E-state index is -1.43. The third-order valence-corrected chi connectivity index (χ3v) is 2.68. The lowest BCUT2D eigenvalue weighted by Crippen LogP contribution is -2.27. The van der Waals surface area contributed by atoms with Crippen LogP contribution in [0.5, 0.6) is 0 Å². The Morgan fingerprint density at radius 1 is 1.33 bits per heavy atom. The van der Waals surface area contributed by atoms with Crippen molar-refractivity contribution >= 4 is 29.4 Å². The molecule has 0 aliphatic heterocycles. The van der Waals surface area contributed by atoms with Gasteiger partial charge in [0.05, 0.1) is 17.8 Å². The number of aliphatic hydroxyl groups is 1. The summed E-state index contributed by atoms with van der Waals surface area (Å²) >= 11 is 6.00. The van der Waals surface area contributed by atoms with E-state index in [0.717, 1.165) is 0 Å². The fraction of sp³-hybridized carbons (Fsp3) is 0.429. The molecular formula is C14H18ClNO5. The number of anilines is 1. The van der Waals surface area contributed by atoms with Crippen LogP contribution in [0, 0.1) is 0 Å². The Hall–Kier alpha value is -1.79. The van der Waals surface area contributed by atoms with Crippen molar-refractivity contribution in [3.63, 3.8) is 0 Å². The molecule has 0 spiro atoms. The lowest BCUT2D eigenvalue weighted by molar-refractivity contribution is -0.150. The second kappa shape index (κ2) is 6.78. The maximum absolute atomic E-state index is 11.6. The van der Waals surface area contributed by atoms with Crippen molar-refractivity contribution in [3.8, 4) is 0 Å². The van der Waals surface area contributed by atoms with Gasteiger partial charge in [0.1, 0.15) is 5.60 Å². The standard InChI is InChI=1S/C14H18ClNO5/c1-14(2,3)21-13(19)16-10-6-5-8(7-9(10)15)11(17)12(18)20-4/h5-7,11,17H,1-4H3,(H,16,19). The predicted octanol–water partition coefficient (Wildman–Crippen LogP) is 2.89. The molecule has 0 heterocycles. The number of amides is 1. The number of esters is 1. The van der Waals surface area contributed by atoms with Gasteiger partial charge < -0.3 is 14.6 Å². The van der Waals surface area contributed by atoms with Gasteiger partial charge in [0.25, 0.3) is 0 Å². The molecule has 0 bridgehead atoms. The maximum Gasteiger partial charge on any atom is 0.412 e. The Bertz CT molecular complexity index is 539. The molecule has 0 saturated carbocycles. The summed E-state index contributed by atoms with van der Waals surface area (Å²) in [6.07, 6.45) is -2.08. The van der Waals surface area contributed by atoms with E-state index in [9.17, 15) is 14.7 Å². The highest BCUT2D eigenvalue weighted by molar-refractivity contribution is 6.33. The average Bonchev–Trinajstić information content (AvgIpc) is 2.37. The number of nitrogens with one attached hydrogen (secondary N) is 1. The van der Waals surface area contributed by atoms with Crippen LogP contribution in [0.15, 0.2) is 18.2 Å². The second-order valence-electron chi connectivity index (χ2n) is 5.29. The van der Waals surface area contributed by atoms with E-state index in [-0.39, 0.29) is 10.6 Å². The molecule has 0 radical (unpaired) electrons. The number of methoxy groups -OCH3 is 1. The van der Waals surface area contributed by atoms with Crippen LogP contribution in [0.25, 0.3) is 0 Å². The summed E-state index contributed by atoms with van der Waals surface area (Å²) < 4.78 is 9.53. The number of halogens is 1. The minimum absolute atomic E-state index is 0.168. The molecule has 1 rings (SSSR count). The van der Waals surface area contributed by atoms with E-state index in [0.29, 0.717) is 5.69 Å². The quantitative estimate of drug-likeness (QED) is 0.838. The zero-order chi connectivity index (χ0) is 16.2. The smallest absolute Gasteiger partial charge is 0.412 e. The highest BCUT2D eigenvalue weighted by Crippen LogP contribution is 2.27. The Morgan fingerprint density at radius 2 is 1.95 bits per heavy atom. The molecular weight excluding hydrogens is 298 g/mol. The minimum Gasteiger partial charge on any atom is -0.467 e. The van der Waals surface area contributed by atoms with Crippen molar-refractivity contribution in [2.45, 2.75) is 32.5 Å². The number of rotatable bonds is 3. The van der Waals surface area contributed by atoms with E-state index in [2.05, 4.69) is 10.1 Å². The average molecular weight is 316 g/mol. The summed E-state index contributed by atoms with van der Waals surface area (Å²) in [5, 5.41) is 12.3. The van der Waals surface area contributed by atoms with Crippen LogP contribution in [-0.2, 0) is 14.3 Å². The van der Waals surface area contributed by atoms with Gasteiger partial charge in [-0.1, -0.05) is 17.7 Å². The van der Waals surface area contributed by atoms with E-state index >= 15 is 0 Å². The normalized spacial score (nSPS) is 12.5. The van der Waals surface area contributed by atoms with Crippen LogP contribution in [0.2, 0.25) is 5.02 Å². The van der Waals surface area contributed by atoms with Gasteiger partial charge in [-0.15, -0.1) is 0 Å². The summed E-state index contributed by atoms with van der Waals surface area (Å²) in [4.78, 5) is 22.9. The predicted molar refractivity (Wildman–Crippen MR) is 78.3 cm³/mol. The number of carbonyl (C=O) groups excluding carboxylic acids is 2. The topological polar surface area (TPSA) is 84.9 Å². The third kappa shape index (κ3) is 5.24. The highest BCUT2D eigenvalue weighted by Gasteiger charge is 2.20. The molecule has 7 heteroatoms. The zero-order valence-corrected chi connectivity index (χ0v) is 13.0. The van der Waals surface area contributed by atoms with Crippen molar-refractivity contribution in [1.82, 2.24) is 0 Å². The zero-order valence-electron chi connectivity index (χ0n) is 12.3. The molecule has 21 heavy (non-hydrogen) atoms. The summed E-state index contributed by atoms with van der Waals surface area (Å²) in [6.45, 7) is 5.22. The molecule has 116 valence electrons. The van der Waals surface area contributed by atoms with Crippen LogP contribution in [0.4, 0.5) is 10.5 Å². The van der Waals surface area contributed by atoms with Gasteiger partial charge in [-0.05, 0) is 38.5 Å². The summed E-state index contributed by atoms with van der Waals surface area (Å²) in [5.74, 6) is -0.793. The third-order valence-electron chi connectivity index (χ3n) is 2.37. The van der Waals surface area contributed by atoms with Gasteiger partial charge in [0.2, 0.25) is 0 Å². The summed E-state index contributed by atoms with van der Waals surface area (Å²) in [6, 6.07) is 4.30. The van der Waals surface area contributed by atoms with Crippen molar-refractivity contribution in [1.29, 1.82) is 0 Å². The van der Waals surface area contributed by atoms with Crippen LogP contribution < -0.4 is 5.32 Å². The molecule has 0 saturated heterocycles. The Morgan fingerprint density at radius 3 is 2.43 bits per heavy atom. The molecule has 1 amide bonds. The summed E-state index contributed by atoms with van der Waals surface area (Å²) in [7, 11) is 1.17. The molecule has 0 fully saturated rings. The van der Waals surface area contributed by atoms with E-state index in [1.54, 1.807) is 20.8 Å². The van der Waals surface area contributed by atoms with Gasteiger partial charge in [0, 0.05) is 0 Å². The van der Waals surface area contributed by atoms with E-state index in [1.165, 1.54) is 25.3 Å². The Balaban J connectivity index is 2.84. The van der Waals surface area contributed by atoms with Crippen LogP contribution in [0.3, 0.4) is 0 Å². The summed E-state index contributed by atoms with van der Waals surface area (Å²) in [5.41, 5.74) is -0.0503. The lowest BCUT2D eigenvalue weighted by Gasteiger charge is -2.20. The molecule has 1 atom stereocenters.